The van der Waals surface area contributed by atoms with Gasteiger partial charge in [0.05, 0.1) is 16.7 Å². The number of alkyl halides is 6. The third kappa shape index (κ3) is 6.21. The lowest BCUT2D eigenvalue weighted by atomic mass is 10.1. The monoisotopic (exact) mass is 469 g/mol. The van der Waals surface area contributed by atoms with Gasteiger partial charge in [0, 0.05) is 17.8 Å². The van der Waals surface area contributed by atoms with E-state index in [0.29, 0.717) is 12.3 Å². The number of carbonyl (C=O) groups excluding carboxylic acids is 1. The molecule has 0 saturated carbocycles. The minimum Gasteiger partial charge on any atom is -0.439 e. The first-order valence-corrected chi connectivity index (χ1v) is 8.97. The number of amidine groups is 1. The number of rotatable bonds is 5. The van der Waals surface area contributed by atoms with Crippen LogP contribution in [-0.4, -0.2) is 16.8 Å². The van der Waals surface area contributed by atoms with Crippen LogP contribution in [0.15, 0.2) is 72.0 Å². The summed E-state index contributed by atoms with van der Waals surface area (Å²) in [6, 6.07) is 11.1. The van der Waals surface area contributed by atoms with Crippen molar-refractivity contribution in [2.24, 2.45) is 10.9 Å². The molecule has 0 fully saturated rings. The van der Waals surface area contributed by atoms with Crippen molar-refractivity contribution in [3.8, 4) is 11.6 Å². The molecule has 0 unspecified atom stereocenters. The van der Waals surface area contributed by atoms with Crippen molar-refractivity contribution in [2.75, 3.05) is 0 Å². The maximum Gasteiger partial charge on any atom is 0.417 e. The topological polar surface area (TPSA) is 86.8 Å². The molecule has 2 N–H and O–H groups in total. The van der Waals surface area contributed by atoms with Gasteiger partial charge in [0.15, 0.2) is 5.84 Å². The van der Waals surface area contributed by atoms with Crippen LogP contribution in [0.5, 0.6) is 11.6 Å². The van der Waals surface area contributed by atoms with Gasteiger partial charge in [0.25, 0.3) is 0 Å². The van der Waals surface area contributed by atoms with Crippen molar-refractivity contribution in [1.29, 1.82) is 0 Å². The summed E-state index contributed by atoms with van der Waals surface area (Å²) >= 11 is 0. The third-order valence-corrected chi connectivity index (χ3v) is 4.09. The van der Waals surface area contributed by atoms with Gasteiger partial charge >= 0.3 is 18.3 Å². The van der Waals surface area contributed by atoms with Gasteiger partial charge in [0.1, 0.15) is 5.75 Å². The Kier molecular flexibility index (Phi) is 6.56. The van der Waals surface area contributed by atoms with E-state index in [0.717, 1.165) is 30.3 Å². The molecular formula is C21H13F6N3O3. The summed E-state index contributed by atoms with van der Waals surface area (Å²) in [5, 5.41) is 3.41. The molecule has 0 radical (unpaired) electrons. The number of pyridine rings is 1. The van der Waals surface area contributed by atoms with E-state index in [4.69, 9.17) is 10.5 Å². The second-order valence-corrected chi connectivity index (χ2v) is 6.44. The lowest BCUT2D eigenvalue weighted by Gasteiger charge is -2.08. The maximum absolute atomic E-state index is 12.7. The first-order chi connectivity index (χ1) is 15.4. The molecule has 0 bridgehead atoms. The summed E-state index contributed by atoms with van der Waals surface area (Å²) < 4.78 is 81.2. The van der Waals surface area contributed by atoms with Crippen LogP contribution in [0, 0.1) is 0 Å². The van der Waals surface area contributed by atoms with Crippen LogP contribution in [0.25, 0.3) is 0 Å². The number of benzene rings is 2. The Morgan fingerprint density at radius 1 is 0.848 bits per heavy atom. The van der Waals surface area contributed by atoms with Crippen LogP contribution < -0.4 is 10.5 Å². The second-order valence-electron chi connectivity index (χ2n) is 6.44. The van der Waals surface area contributed by atoms with Gasteiger partial charge in [-0.25, -0.2) is 9.78 Å². The zero-order chi connectivity index (χ0) is 24.2. The van der Waals surface area contributed by atoms with Gasteiger partial charge in [-0.15, -0.1) is 0 Å². The first kappa shape index (κ1) is 23.6. The third-order valence-electron chi connectivity index (χ3n) is 4.09. The lowest BCUT2D eigenvalue weighted by molar-refractivity contribution is -0.138. The van der Waals surface area contributed by atoms with Crippen LogP contribution >= 0.6 is 0 Å². The van der Waals surface area contributed by atoms with Crippen molar-refractivity contribution in [1.82, 2.24) is 4.98 Å². The number of aromatic nitrogens is 1. The number of ether oxygens (including phenoxy) is 1. The number of hydrogen-bond acceptors (Lipinski definition) is 5. The lowest BCUT2D eigenvalue weighted by Crippen LogP contribution is -2.15. The van der Waals surface area contributed by atoms with Crippen molar-refractivity contribution < 1.29 is 40.7 Å². The zero-order valence-corrected chi connectivity index (χ0v) is 16.3. The van der Waals surface area contributed by atoms with Crippen LogP contribution in [-0.2, 0) is 17.2 Å². The summed E-state index contributed by atoms with van der Waals surface area (Å²) in [4.78, 5) is 20.1. The maximum atomic E-state index is 12.7. The number of hydrogen-bond donors (Lipinski definition) is 1. The fourth-order valence-electron chi connectivity index (χ4n) is 2.44. The van der Waals surface area contributed by atoms with Gasteiger partial charge in [-0.05, 0) is 48.5 Å². The minimum absolute atomic E-state index is 0.0765. The van der Waals surface area contributed by atoms with E-state index in [2.05, 4.69) is 15.0 Å². The molecule has 0 aliphatic heterocycles. The van der Waals surface area contributed by atoms with Gasteiger partial charge in [-0.3, -0.25) is 0 Å². The number of oxime groups is 1. The standard InChI is InChI=1S/C21H13F6N3O3/c22-20(23,24)14-3-1-2-13(10-14)19(31)33-30-18(28)12-4-7-16(8-5-12)32-17-9-6-15(11-29-17)21(25,26)27/h1-11H,(H2,28,30). The molecule has 0 saturated heterocycles. The Balaban J connectivity index is 1.64. The van der Waals surface area contributed by atoms with E-state index in [-0.39, 0.29) is 28.6 Å². The van der Waals surface area contributed by atoms with Gasteiger partial charge < -0.3 is 15.3 Å². The van der Waals surface area contributed by atoms with Gasteiger partial charge in [-0.2, -0.15) is 26.3 Å². The van der Waals surface area contributed by atoms with Gasteiger partial charge in [-0.1, -0.05) is 11.2 Å². The van der Waals surface area contributed by atoms with Crippen molar-refractivity contribution in [3.63, 3.8) is 0 Å². The Morgan fingerprint density at radius 2 is 1.52 bits per heavy atom. The highest BCUT2D eigenvalue weighted by Crippen LogP contribution is 2.31. The van der Waals surface area contributed by atoms with Gasteiger partial charge in [0.2, 0.25) is 5.88 Å². The summed E-state index contributed by atoms with van der Waals surface area (Å²) in [6.07, 6.45) is -8.51. The molecule has 12 heteroatoms. The Labute approximate surface area is 182 Å². The molecule has 2 aromatic carbocycles. The Hall–Kier alpha value is -4.09. The molecule has 0 aliphatic carbocycles. The summed E-state index contributed by atoms with van der Waals surface area (Å²) in [5.74, 6) is -1.25. The number of carbonyl (C=O) groups is 1. The molecule has 3 rings (SSSR count). The number of halogens is 6. The van der Waals surface area contributed by atoms with Crippen molar-refractivity contribution >= 4 is 11.8 Å². The largest absolute Gasteiger partial charge is 0.439 e. The average molecular weight is 469 g/mol. The molecule has 1 aromatic heterocycles. The quantitative estimate of drug-likeness (QED) is 0.178. The fraction of sp³-hybridized carbons (Fsp3) is 0.0952. The Morgan fingerprint density at radius 3 is 2.09 bits per heavy atom. The minimum atomic E-state index is -4.63. The molecule has 0 amide bonds. The molecular weight excluding hydrogens is 456 g/mol. The van der Waals surface area contributed by atoms with Crippen LogP contribution in [0.1, 0.15) is 27.0 Å². The summed E-state index contributed by atoms with van der Waals surface area (Å²) in [5.41, 5.74) is 3.68. The molecule has 6 nitrogen and oxygen atoms in total. The highest BCUT2D eigenvalue weighted by Gasteiger charge is 2.31. The van der Waals surface area contributed by atoms with Crippen LogP contribution in [0.2, 0.25) is 0 Å². The predicted octanol–water partition coefficient (Wildman–Crippen LogP) is 5.39. The van der Waals surface area contributed by atoms with E-state index >= 15 is 0 Å². The van der Waals surface area contributed by atoms with E-state index < -0.39 is 29.4 Å². The number of nitrogens with two attached hydrogens (primary N) is 1. The van der Waals surface area contributed by atoms with E-state index in [1.165, 1.54) is 24.3 Å². The Bertz CT molecular complexity index is 1160. The molecule has 0 aliphatic rings. The predicted molar refractivity (Wildman–Crippen MR) is 103 cm³/mol. The normalized spacial score (nSPS) is 12.4. The van der Waals surface area contributed by atoms with Crippen molar-refractivity contribution in [3.05, 3.63) is 89.1 Å². The molecule has 3 aromatic rings. The summed E-state index contributed by atoms with van der Waals surface area (Å²) in [7, 11) is 0. The highest BCUT2D eigenvalue weighted by atomic mass is 19.4. The van der Waals surface area contributed by atoms with E-state index in [1.807, 2.05) is 0 Å². The fourth-order valence-corrected chi connectivity index (χ4v) is 2.44. The van der Waals surface area contributed by atoms with Crippen LogP contribution in [0.4, 0.5) is 26.3 Å². The average Bonchev–Trinajstić information content (AvgIpc) is 2.77. The first-order valence-electron chi connectivity index (χ1n) is 8.97. The second kappa shape index (κ2) is 9.18. The van der Waals surface area contributed by atoms with E-state index in [1.54, 1.807) is 0 Å². The zero-order valence-electron chi connectivity index (χ0n) is 16.3. The van der Waals surface area contributed by atoms with E-state index in [9.17, 15) is 31.1 Å². The highest BCUT2D eigenvalue weighted by molar-refractivity contribution is 5.98. The van der Waals surface area contributed by atoms with Crippen molar-refractivity contribution in [2.45, 2.75) is 12.4 Å². The molecule has 1 heterocycles. The molecule has 0 atom stereocenters. The molecule has 0 spiro atoms. The number of nitrogens with zero attached hydrogens (tertiary/aromatic N) is 2. The SMILES string of the molecule is NC(=NOC(=O)c1cccc(C(F)(F)F)c1)c1ccc(Oc2ccc(C(F)(F)F)cn2)cc1. The summed E-state index contributed by atoms with van der Waals surface area (Å²) in [6.45, 7) is 0. The molecule has 172 valence electrons. The smallest absolute Gasteiger partial charge is 0.417 e. The molecule has 33 heavy (non-hydrogen) atoms. The van der Waals surface area contributed by atoms with Crippen LogP contribution in [0.3, 0.4) is 0 Å².